The zero-order chi connectivity index (χ0) is 13.0. The predicted molar refractivity (Wildman–Crippen MR) is 75.6 cm³/mol. The molecule has 0 spiro atoms. The smallest absolute Gasteiger partial charge is 0.139 e. The third kappa shape index (κ3) is 3.34. The molecule has 2 aliphatic rings. The van der Waals surface area contributed by atoms with E-state index in [1.165, 1.54) is 44.9 Å². The molecule has 1 saturated heterocycles. The molecular formula is C16H29NO. The van der Waals surface area contributed by atoms with Crippen molar-refractivity contribution in [1.82, 2.24) is 5.32 Å². The van der Waals surface area contributed by atoms with E-state index >= 15 is 0 Å². The van der Waals surface area contributed by atoms with Crippen LogP contribution in [0.2, 0.25) is 0 Å². The molecule has 18 heavy (non-hydrogen) atoms. The number of nitrogens with one attached hydrogen (secondary N) is 1. The van der Waals surface area contributed by atoms with E-state index in [4.69, 9.17) is 0 Å². The van der Waals surface area contributed by atoms with Gasteiger partial charge >= 0.3 is 0 Å². The van der Waals surface area contributed by atoms with E-state index in [9.17, 15) is 4.79 Å². The van der Waals surface area contributed by atoms with Crippen LogP contribution in [-0.2, 0) is 4.79 Å². The summed E-state index contributed by atoms with van der Waals surface area (Å²) in [6.45, 7) is 6.51. The van der Waals surface area contributed by atoms with Crippen LogP contribution in [0.1, 0.15) is 65.2 Å². The third-order valence-corrected chi connectivity index (χ3v) is 5.23. The zero-order valence-electron chi connectivity index (χ0n) is 12.1. The number of carbonyl (C=O) groups excluding carboxylic acids is 1. The first-order chi connectivity index (χ1) is 8.60. The monoisotopic (exact) mass is 251 g/mol. The Bertz CT molecular complexity index is 273. The highest BCUT2D eigenvalue weighted by atomic mass is 16.1. The Hall–Kier alpha value is -0.370. The van der Waals surface area contributed by atoms with Crippen molar-refractivity contribution in [3.05, 3.63) is 0 Å². The van der Waals surface area contributed by atoms with Crippen molar-refractivity contribution in [1.29, 1.82) is 0 Å². The minimum atomic E-state index is -0.120. The first-order valence-electron chi connectivity index (χ1n) is 7.84. The average molecular weight is 251 g/mol. The largest absolute Gasteiger partial charge is 0.316 e. The van der Waals surface area contributed by atoms with Crippen molar-refractivity contribution in [2.45, 2.75) is 65.2 Å². The van der Waals surface area contributed by atoms with Crippen LogP contribution in [-0.4, -0.2) is 18.9 Å². The summed E-state index contributed by atoms with van der Waals surface area (Å²) in [4.78, 5) is 12.6. The molecule has 0 aromatic carbocycles. The fourth-order valence-electron chi connectivity index (χ4n) is 3.61. The van der Waals surface area contributed by atoms with Crippen molar-refractivity contribution in [3.63, 3.8) is 0 Å². The lowest BCUT2D eigenvalue weighted by Gasteiger charge is -2.37. The highest BCUT2D eigenvalue weighted by molar-refractivity contribution is 5.84. The number of ketones is 1. The van der Waals surface area contributed by atoms with Crippen molar-refractivity contribution in [3.8, 4) is 0 Å². The van der Waals surface area contributed by atoms with Gasteiger partial charge in [0.15, 0.2) is 0 Å². The van der Waals surface area contributed by atoms with Gasteiger partial charge < -0.3 is 5.32 Å². The molecule has 1 aliphatic heterocycles. The van der Waals surface area contributed by atoms with Gasteiger partial charge in [-0.25, -0.2) is 0 Å². The molecule has 2 heteroatoms. The number of carbonyl (C=O) groups is 1. The molecular weight excluding hydrogens is 222 g/mol. The molecule has 0 aromatic rings. The van der Waals surface area contributed by atoms with E-state index in [1.807, 2.05) is 0 Å². The molecule has 0 amide bonds. The van der Waals surface area contributed by atoms with Crippen LogP contribution in [0.3, 0.4) is 0 Å². The Kier molecular flexibility index (Phi) is 4.83. The highest BCUT2D eigenvalue weighted by Crippen LogP contribution is 2.36. The Morgan fingerprint density at radius 2 is 1.83 bits per heavy atom. The van der Waals surface area contributed by atoms with Gasteiger partial charge in [-0.2, -0.15) is 0 Å². The Balaban J connectivity index is 1.88. The van der Waals surface area contributed by atoms with Crippen LogP contribution in [0, 0.1) is 17.3 Å². The SMILES string of the molecule is CC(C)(C(=O)CC1CCCCC1)C1CCCNC1. The van der Waals surface area contributed by atoms with E-state index in [0.717, 1.165) is 19.5 Å². The molecule has 2 rings (SSSR count). The van der Waals surface area contributed by atoms with Gasteiger partial charge in [-0.15, -0.1) is 0 Å². The van der Waals surface area contributed by atoms with Gasteiger partial charge in [-0.05, 0) is 37.8 Å². The second-order valence-electron chi connectivity index (χ2n) is 6.90. The minimum absolute atomic E-state index is 0.120. The molecule has 1 heterocycles. The Morgan fingerprint density at radius 3 is 2.44 bits per heavy atom. The van der Waals surface area contributed by atoms with Gasteiger partial charge in [0.1, 0.15) is 5.78 Å². The second-order valence-corrected chi connectivity index (χ2v) is 6.90. The normalized spacial score (nSPS) is 27.1. The van der Waals surface area contributed by atoms with Crippen LogP contribution in [0.5, 0.6) is 0 Å². The average Bonchev–Trinajstić information content (AvgIpc) is 2.41. The maximum absolute atomic E-state index is 12.6. The van der Waals surface area contributed by atoms with Crippen molar-refractivity contribution >= 4 is 5.78 Å². The van der Waals surface area contributed by atoms with Crippen LogP contribution in [0.15, 0.2) is 0 Å². The first kappa shape index (κ1) is 14.0. The lowest BCUT2D eigenvalue weighted by atomic mass is 9.69. The number of Topliss-reactive ketones (excluding diaryl/α,β-unsaturated/α-hetero) is 1. The summed E-state index contributed by atoms with van der Waals surface area (Å²) in [5.74, 6) is 1.74. The van der Waals surface area contributed by atoms with Crippen LogP contribution < -0.4 is 5.32 Å². The van der Waals surface area contributed by atoms with Gasteiger partial charge in [0, 0.05) is 11.8 Å². The maximum atomic E-state index is 12.6. The van der Waals surface area contributed by atoms with Gasteiger partial charge in [0.2, 0.25) is 0 Å². The summed E-state index contributed by atoms with van der Waals surface area (Å²) in [5, 5.41) is 3.45. The van der Waals surface area contributed by atoms with Crippen LogP contribution in [0.25, 0.3) is 0 Å². The molecule has 0 bridgehead atoms. The Labute approximate surface area is 112 Å². The fraction of sp³-hybridized carbons (Fsp3) is 0.938. The van der Waals surface area contributed by atoms with E-state index in [-0.39, 0.29) is 5.41 Å². The molecule has 1 unspecified atom stereocenters. The standard InChI is InChI=1S/C16H29NO/c1-16(2,14-9-6-10-17-12-14)15(18)11-13-7-4-3-5-8-13/h13-14,17H,3-12H2,1-2H3. The van der Waals surface area contributed by atoms with Gasteiger partial charge in [-0.1, -0.05) is 46.0 Å². The lowest BCUT2D eigenvalue weighted by molar-refractivity contribution is -0.131. The van der Waals surface area contributed by atoms with Crippen molar-refractivity contribution in [2.75, 3.05) is 13.1 Å². The summed E-state index contributed by atoms with van der Waals surface area (Å²) in [6, 6.07) is 0. The third-order valence-electron chi connectivity index (χ3n) is 5.23. The molecule has 1 N–H and O–H groups in total. The molecule has 1 atom stereocenters. The highest BCUT2D eigenvalue weighted by Gasteiger charge is 2.37. The summed E-state index contributed by atoms with van der Waals surface area (Å²) < 4.78 is 0. The van der Waals surface area contributed by atoms with Crippen LogP contribution in [0.4, 0.5) is 0 Å². The number of hydrogen-bond donors (Lipinski definition) is 1. The van der Waals surface area contributed by atoms with Crippen molar-refractivity contribution in [2.24, 2.45) is 17.3 Å². The molecule has 2 nitrogen and oxygen atoms in total. The fourth-order valence-corrected chi connectivity index (χ4v) is 3.61. The molecule has 0 radical (unpaired) electrons. The van der Waals surface area contributed by atoms with Gasteiger partial charge in [0.05, 0.1) is 0 Å². The molecule has 1 aliphatic carbocycles. The summed E-state index contributed by atoms with van der Waals surface area (Å²) in [6.07, 6.45) is 9.90. The van der Waals surface area contributed by atoms with E-state index in [1.54, 1.807) is 0 Å². The molecule has 2 fully saturated rings. The maximum Gasteiger partial charge on any atom is 0.139 e. The van der Waals surface area contributed by atoms with Gasteiger partial charge in [-0.3, -0.25) is 4.79 Å². The Morgan fingerprint density at radius 1 is 1.11 bits per heavy atom. The van der Waals surface area contributed by atoms with Crippen molar-refractivity contribution < 1.29 is 4.79 Å². The van der Waals surface area contributed by atoms with E-state index in [2.05, 4.69) is 19.2 Å². The van der Waals surface area contributed by atoms with E-state index in [0.29, 0.717) is 17.6 Å². The summed E-state index contributed by atoms with van der Waals surface area (Å²) in [5.41, 5.74) is -0.120. The molecule has 104 valence electrons. The molecule has 0 aromatic heterocycles. The number of rotatable bonds is 4. The quantitative estimate of drug-likeness (QED) is 0.828. The zero-order valence-corrected chi connectivity index (χ0v) is 12.1. The molecule has 1 saturated carbocycles. The number of hydrogen-bond acceptors (Lipinski definition) is 2. The summed E-state index contributed by atoms with van der Waals surface area (Å²) in [7, 11) is 0. The van der Waals surface area contributed by atoms with Gasteiger partial charge in [0.25, 0.3) is 0 Å². The lowest BCUT2D eigenvalue weighted by Crippen LogP contribution is -2.43. The topological polar surface area (TPSA) is 29.1 Å². The predicted octanol–water partition coefficient (Wildman–Crippen LogP) is 3.55. The second kappa shape index (κ2) is 6.18. The van der Waals surface area contributed by atoms with E-state index < -0.39 is 0 Å². The minimum Gasteiger partial charge on any atom is -0.316 e. The number of piperidine rings is 1. The first-order valence-corrected chi connectivity index (χ1v) is 7.84. The summed E-state index contributed by atoms with van der Waals surface area (Å²) >= 11 is 0. The van der Waals surface area contributed by atoms with Crippen LogP contribution >= 0.6 is 0 Å².